The minimum Gasteiger partial charge on any atom is -0.463 e. The molecule has 5 rings (SSSR count). The van der Waals surface area contributed by atoms with E-state index < -0.39 is 0 Å². The first-order valence-electron chi connectivity index (χ1n) is 11.5. The van der Waals surface area contributed by atoms with Crippen LogP contribution in [-0.2, 0) is 6.42 Å². The van der Waals surface area contributed by atoms with Crippen molar-refractivity contribution in [2.45, 2.75) is 25.3 Å². The summed E-state index contributed by atoms with van der Waals surface area (Å²) in [5, 5.41) is 0.873. The third-order valence-corrected chi connectivity index (χ3v) is 6.56. The fraction of sp³-hybridized carbons (Fsp3) is 0.296. The van der Waals surface area contributed by atoms with Crippen LogP contribution < -0.4 is 0 Å². The third kappa shape index (κ3) is 4.66. The van der Waals surface area contributed by atoms with Gasteiger partial charge in [-0.2, -0.15) is 0 Å². The number of rotatable bonds is 6. The van der Waals surface area contributed by atoms with E-state index >= 15 is 0 Å². The Balaban J connectivity index is 1.29. The van der Waals surface area contributed by atoms with Gasteiger partial charge in [-0.05, 0) is 49.2 Å². The van der Waals surface area contributed by atoms with Gasteiger partial charge >= 0.3 is 0 Å². The summed E-state index contributed by atoms with van der Waals surface area (Å²) in [5.74, 6) is 0.701. The Kier molecular flexibility index (Phi) is 6.17. The van der Waals surface area contributed by atoms with Gasteiger partial charge in [-0.3, -0.25) is 9.78 Å². The fourth-order valence-corrected chi connectivity index (χ4v) is 4.61. The number of pyridine rings is 2. The number of carbonyl (C=O) groups excluding carboxylic acids is 1. The van der Waals surface area contributed by atoms with E-state index in [0.29, 0.717) is 17.0 Å². The van der Waals surface area contributed by atoms with E-state index in [1.807, 2.05) is 72.7 Å². The monoisotopic (exact) mass is 440 g/mol. The van der Waals surface area contributed by atoms with Crippen LogP contribution in [0.2, 0.25) is 0 Å². The van der Waals surface area contributed by atoms with Crippen molar-refractivity contribution in [1.29, 1.82) is 0 Å². The molecule has 6 heteroatoms. The standard InChI is InChI=1S/C27H28N4O2/c1-30(21-12-16-31(17-13-21)15-11-20-7-4-5-14-28-20)27(32)23-19-25(26-10-6-18-33-26)29-24-9-3-2-8-22(23)24/h2-10,14,18-19,21H,11-13,15-17H2,1H3. The average Bonchev–Trinajstić information content (AvgIpc) is 3.42. The van der Waals surface area contributed by atoms with Crippen LogP contribution in [0, 0.1) is 0 Å². The smallest absolute Gasteiger partial charge is 0.254 e. The van der Waals surface area contributed by atoms with Gasteiger partial charge in [-0.25, -0.2) is 4.98 Å². The van der Waals surface area contributed by atoms with Crippen molar-refractivity contribution in [3.8, 4) is 11.5 Å². The van der Waals surface area contributed by atoms with Crippen molar-refractivity contribution >= 4 is 16.8 Å². The Hall–Kier alpha value is -3.51. The second-order valence-corrected chi connectivity index (χ2v) is 8.61. The Morgan fingerprint density at radius 2 is 1.91 bits per heavy atom. The molecule has 1 aromatic carbocycles. The maximum absolute atomic E-state index is 13.6. The van der Waals surface area contributed by atoms with Crippen LogP contribution >= 0.6 is 0 Å². The van der Waals surface area contributed by atoms with Crippen molar-refractivity contribution in [3.63, 3.8) is 0 Å². The topological polar surface area (TPSA) is 62.5 Å². The second-order valence-electron chi connectivity index (χ2n) is 8.61. The molecule has 33 heavy (non-hydrogen) atoms. The molecule has 4 heterocycles. The Bertz CT molecular complexity index is 1220. The van der Waals surface area contributed by atoms with Crippen molar-refractivity contribution in [3.05, 3.63) is 84.4 Å². The molecule has 1 amide bonds. The van der Waals surface area contributed by atoms with Gasteiger partial charge in [0.15, 0.2) is 5.76 Å². The molecular weight excluding hydrogens is 412 g/mol. The number of fused-ring (bicyclic) bond motifs is 1. The molecule has 0 bridgehead atoms. The van der Waals surface area contributed by atoms with E-state index in [0.717, 1.165) is 55.5 Å². The van der Waals surface area contributed by atoms with Crippen LogP contribution in [0.4, 0.5) is 0 Å². The zero-order valence-corrected chi connectivity index (χ0v) is 18.9. The maximum atomic E-state index is 13.6. The lowest BCUT2D eigenvalue weighted by Crippen LogP contribution is -2.46. The van der Waals surface area contributed by atoms with Gasteiger partial charge in [0, 0.05) is 56.4 Å². The highest BCUT2D eigenvalue weighted by Crippen LogP contribution is 2.27. The first-order valence-corrected chi connectivity index (χ1v) is 11.5. The predicted octanol–water partition coefficient (Wildman–Crippen LogP) is 4.67. The van der Waals surface area contributed by atoms with Gasteiger partial charge in [0.25, 0.3) is 5.91 Å². The highest BCUT2D eigenvalue weighted by Gasteiger charge is 2.27. The van der Waals surface area contributed by atoms with Crippen molar-refractivity contribution in [2.24, 2.45) is 0 Å². The van der Waals surface area contributed by atoms with Crippen LogP contribution in [0.15, 0.2) is 77.5 Å². The molecule has 4 aromatic rings. The van der Waals surface area contributed by atoms with Gasteiger partial charge in [-0.1, -0.05) is 24.3 Å². The summed E-state index contributed by atoms with van der Waals surface area (Å²) >= 11 is 0. The number of likely N-dealkylation sites (tertiary alicyclic amines) is 1. The lowest BCUT2D eigenvalue weighted by Gasteiger charge is -2.37. The number of carbonyl (C=O) groups is 1. The largest absolute Gasteiger partial charge is 0.463 e. The summed E-state index contributed by atoms with van der Waals surface area (Å²) in [5.41, 5.74) is 3.28. The lowest BCUT2D eigenvalue weighted by atomic mass is 10.0. The van der Waals surface area contributed by atoms with Crippen molar-refractivity contribution < 1.29 is 9.21 Å². The summed E-state index contributed by atoms with van der Waals surface area (Å²) in [6, 6.07) is 19.7. The average molecular weight is 441 g/mol. The number of amides is 1. The minimum atomic E-state index is 0.0355. The number of nitrogens with zero attached hydrogens (tertiary/aromatic N) is 4. The molecule has 1 saturated heterocycles. The van der Waals surface area contributed by atoms with E-state index in [4.69, 9.17) is 9.40 Å². The van der Waals surface area contributed by atoms with Crippen LogP contribution in [0.5, 0.6) is 0 Å². The number of benzene rings is 1. The first-order chi connectivity index (χ1) is 16.2. The quantitative estimate of drug-likeness (QED) is 0.436. The molecule has 0 unspecified atom stereocenters. The highest BCUT2D eigenvalue weighted by atomic mass is 16.3. The molecular formula is C27H28N4O2. The molecule has 1 aliphatic heterocycles. The summed E-state index contributed by atoms with van der Waals surface area (Å²) in [4.78, 5) is 27.1. The molecule has 6 nitrogen and oxygen atoms in total. The van der Waals surface area contributed by atoms with Gasteiger partial charge in [0.05, 0.1) is 17.3 Å². The molecule has 168 valence electrons. The molecule has 0 spiro atoms. The zero-order valence-electron chi connectivity index (χ0n) is 18.9. The normalized spacial score (nSPS) is 15.1. The molecule has 0 atom stereocenters. The van der Waals surface area contributed by atoms with Crippen LogP contribution in [0.1, 0.15) is 28.9 Å². The summed E-state index contributed by atoms with van der Waals surface area (Å²) in [6.07, 6.45) is 6.37. The Morgan fingerprint density at radius 1 is 1.09 bits per heavy atom. The first kappa shape index (κ1) is 21.3. The third-order valence-electron chi connectivity index (χ3n) is 6.56. The van der Waals surface area contributed by atoms with Crippen molar-refractivity contribution in [2.75, 3.05) is 26.7 Å². The van der Waals surface area contributed by atoms with E-state index in [1.165, 1.54) is 0 Å². The number of hydrogen-bond donors (Lipinski definition) is 0. The van der Waals surface area contributed by atoms with Gasteiger partial charge in [0.2, 0.25) is 0 Å². The van der Waals surface area contributed by atoms with E-state index in [-0.39, 0.29) is 11.9 Å². The maximum Gasteiger partial charge on any atom is 0.254 e. The Morgan fingerprint density at radius 3 is 2.67 bits per heavy atom. The van der Waals surface area contributed by atoms with Crippen molar-refractivity contribution in [1.82, 2.24) is 19.8 Å². The molecule has 0 radical (unpaired) electrons. The fourth-order valence-electron chi connectivity index (χ4n) is 4.61. The van der Waals surface area contributed by atoms with Crippen LogP contribution in [0.3, 0.4) is 0 Å². The number of furan rings is 1. The van der Waals surface area contributed by atoms with E-state index in [1.54, 1.807) is 6.26 Å². The zero-order chi connectivity index (χ0) is 22.6. The highest BCUT2D eigenvalue weighted by molar-refractivity contribution is 6.07. The number of hydrogen-bond acceptors (Lipinski definition) is 5. The van der Waals surface area contributed by atoms with Crippen LogP contribution in [-0.4, -0.2) is 58.4 Å². The Labute approximate surface area is 193 Å². The molecule has 0 saturated carbocycles. The minimum absolute atomic E-state index is 0.0355. The number of para-hydroxylation sites is 1. The van der Waals surface area contributed by atoms with Crippen LogP contribution in [0.25, 0.3) is 22.4 Å². The van der Waals surface area contributed by atoms with Gasteiger partial charge < -0.3 is 14.2 Å². The number of aromatic nitrogens is 2. The summed E-state index contributed by atoms with van der Waals surface area (Å²) < 4.78 is 5.55. The summed E-state index contributed by atoms with van der Waals surface area (Å²) in [7, 11) is 1.93. The second kappa shape index (κ2) is 9.55. The number of piperidine rings is 1. The van der Waals surface area contributed by atoms with Gasteiger partial charge in [-0.15, -0.1) is 0 Å². The summed E-state index contributed by atoms with van der Waals surface area (Å²) in [6.45, 7) is 2.98. The predicted molar refractivity (Wildman–Crippen MR) is 129 cm³/mol. The molecule has 0 aliphatic carbocycles. The molecule has 3 aromatic heterocycles. The van der Waals surface area contributed by atoms with Gasteiger partial charge in [0.1, 0.15) is 5.69 Å². The lowest BCUT2D eigenvalue weighted by molar-refractivity contribution is 0.0645. The van der Waals surface area contributed by atoms with E-state index in [2.05, 4.69) is 16.0 Å². The molecule has 1 aliphatic rings. The molecule has 1 fully saturated rings. The molecule has 0 N–H and O–H groups in total. The SMILES string of the molecule is CN(C(=O)c1cc(-c2ccco2)nc2ccccc12)C1CCN(CCc2ccccn2)CC1. The van der Waals surface area contributed by atoms with E-state index in [9.17, 15) is 4.79 Å².